The second-order valence-electron chi connectivity index (χ2n) is 7.38. The van der Waals surface area contributed by atoms with Gasteiger partial charge < -0.3 is 9.64 Å². The molecule has 1 aromatic rings. The average molecular weight is 400 g/mol. The van der Waals surface area contributed by atoms with Gasteiger partial charge in [0, 0.05) is 24.8 Å². The van der Waals surface area contributed by atoms with Gasteiger partial charge in [-0.1, -0.05) is 19.3 Å². The largest absolute Gasteiger partial charge is 0.377 e. The third-order valence-corrected chi connectivity index (χ3v) is 5.84. The van der Waals surface area contributed by atoms with Gasteiger partial charge in [-0.2, -0.15) is 5.10 Å². The van der Waals surface area contributed by atoms with Crippen molar-refractivity contribution in [2.75, 3.05) is 37.9 Å². The predicted molar refractivity (Wildman–Crippen MR) is 102 cm³/mol. The number of hydrogen-bond donors (Lipinski definition) is 2. The molecule has 1 saturated carbocycles. The van der Waals surface area contributed by atoms with Crippen molar-refractivity contribution in [2.24, 2.45) is 0 Å². The fourth-order valence-electron chi connectivity index (χ4n) is 3.76. The van der Waals surface area contributed by atoms with Crippen molar-refractivity contribution < 1.29 is 17.9 Å². The van der Waals surface area contributed by atoms with Crippen LogP contribution in [0.4, 0.5) is 10.6 Å². The van der Waals surface area contributed by atoms with E-state index in [0.29, 0.717) is 31.6 Å². The molecule has 2 heterocycles. The van der Waals surface area contributed by atoms with Crippen LogP contribution in [0.15, 0.2) is 6.07 Å². The summed E-state index contributed by atoms with van der Waals surface area (Å²) in [5, 5.41) is 7.46. The molecule has 10 heteroatoms. The molecule has 0 spiro atoms. The molecular formula is C17H29N5O4S. The summed E-state index contributed by atoms with van der Waals surface area (Å²) in [5.74, 6) is 0.532. The van der Waals surface area contributed by atoms with Crippen LogP contribution in [-0.4, -0.2) is 67.7 Å². The van der Waals surface area contributed by atoms with E-state index in [0.717, 1.165) is 24.8 Å². The minimum absolute atomic E-state index is 0.127. The number of carbonyl (C=O) groups excluding carboxylic acids is 1. The molecular weight excluding hydrogens is 370 g/mol. The van der Waals surface area contributed by atoms with Crippen molar-refractivity contribution in [1.82, 2.24) is 19.4 Å². The van der Waals surface area contributed by atoms with Gasteiger partial charge in [-0.05, 0) is 19.8 Å². The van der Waals surface area contributed by atoms with Crippen LogP contribution in [0.1, 0.15) is 43.8 Å². The number of aromatic nitrogens is 2. The summed E-state index contributed by atoms with van der Waals surface area (Å²) in [4.78, 5) is 14.3. The van der Waals surface area contributed by atoms with Gasteiger partial charge >= 0.3 is 6.03 Å². The van der Waals surface area contributed by atoms with E-state index in [4.69, 9.17) is 4.74 Å². The first-order valence-corrected chi connectivity index (χ1v) is 11.4. The van der Waals surface area contributed by atoms with Crippen LogP contribution in [0.3, 0.4) is 0 Å². The molecule has 0 bridgehead atoms. The van der Waals surface area contributed by atoms with E-state index in [-0.39, 0.29) is 18.6 Å². The lowest BCUT2D eigenvalue weighted by Crippen LogP contribution is -2.54. The van der Waals surface area contributed by atoms with Crippen molar-refractivity contribution in [2.45, 2.75) is 51.1 Å². The van der Waals surface area contributed by atoms with Gasteiger partial charge in [0.1, 0.15) is 0 Å². The lowest BCUT2D eigenvalue weighted by molar-refractivity contribution is 0.0176. The van der Waals surface area contributed by atoms with Crippen molar-refractivity contribution in [3.05, 3.63) is 11.8 Å². The maximum Gasteiger partial charge on any atom is 0.323 e. The lowest BCUT2D eigenvalue weighted by atomic mass is 9.95. The van der Waals surface area contributed by atoms with Crippen molar-refractivity contribution >= 4 is 21.9 Å². The van der Waals surface area contributed by atoms with Crippen LogP contribution in [0.5, 0.6) is 0 Å². The smallest absolute Gasteiger partial charge is 0.323 e. The normalized spacial score (nSPS) is 22.0. The topological polar surface area (TPSA) is 106 Å². The van der Waals surface area contributed by atoms with Crippen molar-refractivity contribution in [3.63, 3.8) is 0 Å². The third kappa shape index (κ3) is 5.43. The van der Waals surface area contributed by atoms with E-state index < -0.39 is 10.0 Å². The molecule has 1 saturated heterocycles. The fourth-order valence-corrected chi connectivity index (χ4v) is 4.26. The zero-order valence-electron chi connectivity index (χ0n) is 16.0. The number of rotatable bonds is 5. The number of amides is 2. The molecule has 1 unspecified atom stereocenters. The summed E-state index contributed by atoms with van der Waals surface area (Å²) in [6.45, 7) is 3.26. The quantitative estimate of drug-likeness (QED) is 0.780. The summed E-state index contributed by atoms with van der Waals surface area (Å²) >= 11 is 0. The minimum atomic E-state index is -3.33. The highest BCUT2D eigenvalue weighted by Gasteiger charge is 2.29. The zero-order valence-corrected chi connectivity index (χ0v) is 16.8. The molecule has 152 valence electrons. The maximum atomic E-state index is 12.7. The van der Waals surface area contributed by atoms with Gasteiger partial charge in [0.2, 0.25) is 10.0 Å². The number of carbonyl (C=O) groups is 1. The Balaban J connectivity index is 1.64. The molecule has 2 fully saturated rings. The molecule has 1 aromatic heterocycles. The number of sulfonamides is 1. The van der Waals surface area contributed by atoms with Gasteiger partial charge in [-0.3, -0.25) is 10.00 Å². The van der Waals surface area contributed by atoms with E-state index in [1.165, 1.54) is 19.3 Å². The predicted octanol–water partition coefficient (Wildman–Crippen LogP) is 1.48. The second-order valence-corrected chi connectivity index (χ2v) is 9.21. The molecule has 27 heavy (non-hydrogen) atoms. The molecule has 0 radical (unpaired) electrons. The van der Waals surface area contributed by atoms with E-state index in [1.807, 2.05) is 17.7 Å². The number of aryl methyl sites for hydroxylation is 1. The first-order chi connectivity index (χ1) is 12.8. The van der Waals surface area contributed by atoms with Crippen LogP contribution in [0.25, 0.3) is 0 Å². The first kappa shape index (κ1) is 20.1. The average Bonchev–Trinajstić information content (AvgIpc) is 3.00. The minimum Gasteiger partial charge on any atom is -0.377 e. The van der Waals surface area contributed by atoms with Gasteiger partial charge in [-0.15, -0.1) is 0 Å². The molecule has 9 nitrogen and oxygen atoms in total. The van der Waals surface area contributed by atoms with E-state index in [9.17, 15) is 13.2 Å². The number of urea groups is 1. The van der Waals surface area contributed by atoms with Crippen LogP contribution in [-0.2, 0) is 14.8 Å². The van der Waals surface area contributed by atoms with Crippen LogP contribution in [0, 0.1) is 6.92 Å². The number of hydrogen-bond acceptors (Lipinski definition) is 5. The monoisotopic (exact) mass is 399 g/mol. The maximum absolute atomic E-state index is 12.7. The summed E-state index contributed by atoms with van der Waals surface area (Å²) in [6, 6.07) is 1.65. The molecule has 1 atom stereocenters. The Labute approximate surface area is 160 Å². The van der Waals surface area contributed by atoms with Crippen LogP contribution < -0.4 is 10.0 Å². The lowest BCUT2D eigenvalue weighted by Gasteiger charge is -2.35. The second kappa shape index (κ2) is 8.57. The van der Waals surface area contributed by atoms with Crippen molar-refractivity contribution in [3.8, 4) is 0 Å². The van der Waals surface area contributed by atoms with Crippen LogP contribution >= 0.6 is 0 Å². The van der Waals surface area contributed by atoms with Crippen LogP contribution in [0.2, 0.25) is 0 Å². The fraction of sp³-hybridized carbons (Fsp3) is 0.765. The summed E-state index contributed by atoms with van der Waals surface area (Å²) in [6.07, 6.45) is 7.06. The molecule has 3 rings (SSSR count). The number of ether oxygens (including phenoxy) is 1. The summed E-state index contributed by atoms with van der Waals surface area (Å²) < 4.78 is 32.6. The summed E-state index contributed by atoms with van der Waals surface area (Å²) in [7, 11) is -3.33. The van der Waals surface area contributed by atoms with E-state index >= 15 is 0 Å². The Morgan fingerprint density at radius 3 is 2.78 bits per heavy atom. The Bertz CT molecular complexity index is 757. The number of anilines is 1. The Morgan fingerprint density at radius 2 is 2.07 bits per heavy atom. The van der Waals surface area contributed by atoms with E-state index in [2.05, 4.69) is 15.1 Å². The Kier molecular flexibility index (Phi) is 6.38. The number of nitrogens with one attached hydrogen (secondary N) is 2. The first-order valence-electron chi connectivity index (χ1n) is 9.49. The van der Waals surface area contributed by atoms with Gasteiger partial charge in [0.15, 0.2) is 5.82 Å². The molecule has 1 aliphatic heterocycles. The molecule has 2 aliphatic rings. The molecule has 1 aliphatic carbocycles. The standard InChI is InChI=1S/C17H29N5O4S/c1-13-10-16(20-22(13)14-6-4-3-5-7-14)19-17(23)21-8-9-26-12-15(21)11-18-27(2,24)25/h10,14-15,18H,3-9,11-12H2,1-2H3,(H,19,20,23). The van der Waals surface area contributed by atoms with Crippen molar-refractivity contribution in [1.29, 1.82) is 0 Å². The highest BCUT2D eigenvalue weighted by molar-refractivity contribution is 7.88. The Morgan fingerprint density at radius 1 is 1.33 bits per heavy atom. The SMILES string of the molecule is Cc1cc(NC(=O)N2CCOCC2CNS(C)(=O)=O)nn1C1CCCCC1. The molecule has 2 N–H and O–H groups in total. The molecule has 2 amide bonds. The summed E-state index contributed by atoms with van der Waals surface area (Å²) in [5.41, 5.74) is 1.04. The number of morpholine rings is 1. The highest BCUT2D eigenvalue weighted by Crippen LogP contribution is 2.29. The highest BCUT2D eigenvalue weighted by atomic mass is 32.2. The number of nitrogens with zero attached hydrogens (tertiary/aromatic N) is 3. The van der Waals surface area contributed by atoms with Gasteiger partial charge in [0.25, 0.3) is 0 Å². The Hall–Kier alpha value is -1.65. The molecule has 0 aromatic carbocycles. The third-order valence-electron chi connectivity index (χ3n) is 5.15. The van der Waals surface area contributed by atoms with Gasteiger partial charge in [0.05, 0.1) is 31.6 Å². The van der Waals surface area contributed by atoms with E-state index in [1.54, 1.807) is 4.90 Å². The van der Waals surface area contributed by atoms with Gasteiger partial charge in [-0.25, -0.2) is 17.9 Å². The zero-order chi connectivity index (χ0) is 19.4.